The van der Waals surface area contributed by atoms with Crippen LogP contribution in [0.25, 0.3) is 16.9 Å². The van der Waals surface area contributed by atoms with Gasteiger partial charge in [0.1, 0.15) is 5.82 Å². The zero-order valence-electron chi connectivity index (χ0n) is 8.96. The number of aryl methyl sites for hydroxylation is 1. The first-order valence-corrected chi connectivity index (χ1v) is 5.19. The fraction of sp³-hybridized carbons (Fsp3) is 0.0769. The largest absolute Gasteiger partial charge is 0.300 e. The molecule has 0 fully saturated rings. The van der Waals surface area contributed by atoms with Crippen molar-refractivity contribution < 1.29 is 0 Å². The number of imidazole rings is 1. The van der Waals surface area contributed by atoms with Crippen molar-refractivity contribution in [1.29, 1.82) is 0 Å². The third-order valence-electron chi connectivity index (χ3n) is 2.61. The van der Waals surface area contributed by atoms with E-state index in [4.69, 9.17) is 0 Å². The van der Waals surface area contributed by atoms with Gasteiger partial charge in [-0.2, -0.15) is 0 Å². The molecule has 78 valence electrons. The van der Waals surface area contributed by atoms with Gasteiger partial charge in [0.15, 0.2) is 0 Å². The van der Waals surface area contributed by atoms with E-state index >= 15 is 0 Å². The van der Waals surface area contributed by atoms with Gasteiger partial charge in [-0.15, -0.1) is 0 Å². The highest BCUT2D eigenvalue weighted by Gasteiger charge is 2.05. The Morgan fingerprint density at radius 1 is 1.19 bits per heavy atom. The molecule has 0 bridgehead atoms. The van der Waals surface area contributed by atoms with Gasteiger partial charge in [-0.3, -0.25) is 9.38 Å². The highest BCUT2D eigenvalue weighted by Crippen LogP contribution is 2.18. The summed E-state index contributed by atoms with van der Waals surface area (Å²) in [5.74, 6) is 0.933. The van der Waals surface area contributed by atoms with Crippen LogP contribution in [0.4, 0.5) is 0 Å². The lowest BCUT2D eigenvalue weighted by molar-refractivity contribution is 1.14. The van der Waals surface area contributed by atoms with Crippen molar-refractivity contribution in [1.82, 2.24) is 14.4 Å². The van der Waals surface area contributed by atoms with Gasteiger partial charge < -0.3 is 0 Å². The summed E-state index contributed by atoms with van der Waals surface area (Å²) in [6.07, 6.45) is 7.52. The number of fused-ring (bicyclic) bond motifs is 1. The van der Waals surface area contributed by atoms with E-state index in [0.717, 1.165) is 16.9 Å². The van der Waals surface area contributed by atoms with E-state index in [9.17, 15) is 0 Å². The van der Waals surface area contributed by atoms with E-state index in [0.29, 0.717) is 0 Å². The van der Waals surface area contributed by atoms with Crippen molar-refractivity contribution in [3.8, 4) is 11.4 Å². The molecular weight excluding hydrogens is 198 g/mol. The maximum absolute atomic E-state index is 4.43. The summed E-state index contributed by atoms with van der Waals surface area (Å²) in [7, 11) is 0. The minimum atomic E-state index is 0.933. The Hall–Kier alpha value is -2.16. The molecule has 16 heavy (non-hydrogen) atoms. The number of hydrogen-bond donors (Lipinski definition) is 0. The summed E-state index contributed by atoms with van der Waals surface area (Å²) in [4.78, 5) is 8.54. The summed E-state index contributed by atoms with van der Waals surface area (Å²) < 4.78 is 2.07. The molecule has 3 aromatic heterocycles. The maximum atomic E-state index is 4.43. The van der Waals surface area contributed by atoms with Crippen molar-refractivity contribution in [2.45, 2.75) is 6.92 Å². The molecule has 0 saturated heterocycles. The summed E-state index contributed by atoms with van der Waals surface area (Å²) in [5, 5.41) is 0. The minimum absolute atomic E-state index is 0.933. The predicted molar refractivity (Wildman–Crippen MR) is 63.2 cm³/mol. The van der Waals surface area contributed by atoms with Crippen molar-refractivity contribution in [2.24, 2.45) is 0 Å². The van der Waals surface area contributed by atoms with Gasteiger partial charge >= 0.3 is 0 Å². The van der Waals surface area contributed by atoms with Gasteiger partial charge in [-0.1, -0.05) is 0 Å². The Labute approximate surface area is 93.4 Å². The second-order valence-corrected chi connectivity index (χ2v) is 3.82. The normalized spacial score (nSPS) is 10.8. The first kappa shape index (κ1) is 9.09. The number of aromatic nitrogens is 3. The number of nitrogens with zero attached hydrogens (tertiary/aromatic N) is 3. The standard InChI is InChI=1S/C13H11N3/c1-10-4-6-16-12(7-10)9-15-13(16)11-3-2-5-14-8-11/h2-9H,1H3. The van der Waals surface area contributed by atoms with Crippen LogP contribution in [-0.2, 0) is 0 Å². The first-order valence-electron chi connectivity index (χ1n) is 5.19. The zero-order chi connectivity index (χ0) is 11.0. The summed E-state index contributed by atoms with van der Waals surface area (Å²) >= 11 is 0. The van der Waals surface area contributed by atoms with Crippen LogP contribution in [0.1, 0.15) is 5.56 Å². The molecule has 3 heteroatoms. The number of hydrogen-bond acceptors (Lipinski definition) is 2. The maximum Gasteiger partial charge on any atom is 0.146 e. The average molecular weight is 209 g/mol. The molecule has 3 aromatic rings. The summed E-state index contributed by atoms with van der Waals surface area (Å²) in [5.41, 5.74) is 3.38. The second kappa shape index (κ2) is 3.45. The molecule has 0 aliphatic rings. The second-order valence-electron chi connectivity index (χ2n) is 3.82. The van der Waals surface area contributed by atoms with E-state index in [2.05, 4.69) is 33.4 Å². The molecule has 0 radical (unpaired) electrons. The van der Waals surface area contributed by atoms with Crippen molar-refractivity contribution in [3.63, 3.8) is 0 Å². The van der Waals surface area contributed by atoms with E-state index < -0.39 is 0 Å². The van der Waals surface area contributed by atoms with Crippen LogP contribution in [-0.4, -0.2) is 14.4 Å². The Morgan fingerprint density at radius 2 is 2.12 bits per heavy atom. The molecule has 0 N–H and O–H groups in total. The van der Waals surface area contributed by atoms with Gasteiger partial charge in [0.2, 0.25) is 0 Å². The number of rotatable bonds is 1. The Bertz CT molecular complexity index is 626. The fourth-order valence-electron chi connectivity index (χ4n) is 1.82. The van der Waals surface area contributed by atoms with Crippen LogP contribution < -0.4 is 0 Å². The van der Waals surface area contributed by atoms with Crippen molar-refractivity contribution in [3.05, 3.63) is 54.6 Å². The van der Waals surface area contributed by atoms with Crippen LogP contribution in [0, 0.1) is 6.92 Å². The summed E-state index contributed by atoms with van der Waals surface area (Å²) in [6, 6.07) is 8.13. The molecule has 0 amide bonds. The van der Waals surface area contributed by atoms with E-state index in [1.807, 2.05) is 30.7 Å². The Morgan fingerprint density at radius 3 is 2.94 bits per heavy atom. The van der Waals surface area contributed by atoms with Crippen LogP contribution >= 0.6 is 0 Å². The molecule has 0 aromatic carbocycles. The molecule has 0 atom stereocenters. The zero-order valence-corrected chi connectivity index (χ0v) is 8.96. The monoisotopic (exact) mass is 209 g/mol. The molecule has 3 heterocycles. The molecule has 0 unspecified atom stereocenters. The topological polar surface area (TPSA) is 30.2 Å². The van der Waals surface area contributed by atoms with Gasteiger partial charge in [0.05, 0.1) is 11.7 Å². The van der Waals surface area contributed by atoms with Crippen LogP contribution in [0.5, 0.6) is 0 Å². The quantitative estimate of drug-likeness (QED) is 0.616. The van der Waals surface area contributed by atoms with Crippen LogP contribution in [0.2, 0.25) is 0 Å². The van der Waals surface area contributed by atoms with Crippen LogP contribution in [0.3, 0.4) is 0 Å². The van der Waals surface area contributed by atoms with Gasteiger partial charge in [0.25, 0.3) is 0 Å². The Balaban J connectivity index is 2.26. The van der Waals surface area contributed by atoms with Gasteiger partial charge in [-0.05, 0) is 36.8 Å². The lowest BCUT2D eigenvalue weighted by atomic mass is 10.2. The van der Waals surface area contributed by atoms with E-state index in [-0.39, 0.29) is 0 Å². The van der Waals surface area contributed by atoms with Crippen LogP contribution in [0.15, 0.2) is 49.1 Å². The molecule has 0 aliphatic carbocycles. The number of pyridine rings is 2. The predicted octanol–water partition coefficient (Wildman–Crippen LogP) is 2.70. The van der Waals surface area contributed by atoms with E-state index in [1.165, 1.54) is 5.56 Å². The molecule has 0 saturated carbocycles. The lowest BCUT2D eigenvalue weighted by Crippen LogP contribution is -1.89. The van der Waals surface area contributed by atoms with Gasteiger partial charge in [-0.25, -0.2) is 4.98 Å². The van der Waals surface area contributed by atoms with Gasteiger partial charge in [0, 0.05) is 24.2 Å². The fourth-order valence-corrected chi connectivity index (χ4v) is 1.82. The Kier molecular flexibility index (Phi) is 1.96. The van der Waals surface area contributed by atoms with E-state index in [1.54, 1.807) is 6.20 Å². The average Bonchev–Trinajstić information content (AvgIpc) is 2.73. The summed E-state index contributed by atoms with van der Waals surface area (Å²) in [6.45, 7) is 2.08. The molecule has 0 spiro atoms. The molecule has 3 nitrogen and oxygen atoms in total. The first-order chi connectivity index (χ1) is 7.84. The SMILES string of the molecule is Cc1ccn2c(-c3cccnc3)ncc2c1. The van der Waals surface area contributed by atoms with Crippen molar-refractivity contribution >= 4 is 5.52 Å². The third-order valence-corrected chi connectivity index (χ3v) is 2.61. The highest BCUT2D eigenvalue weighted by atomic mass is 15.0. The minimum Gasteiger partial charge on any atom is -0.300 e. The highest BCUT2D eigenvalue weighted by molar-refractivity contribution is 5.61. The third kappa shape index (κ3) is 1.37. The lowest BCUT2D eigenvalue weighted by Gasteiger charge is -2.01. The van der Waals surface area contributed by atoms with Crippen molar-refractivity contribution in [2.75, 3.05) is 0 Å². The smallest absolute Gasteiger partial charge is 0.146 e. The molecular formula is C13H11N3. The molecule has 3 rings (SSSR count). The molecule has 0 aliphatic heterocycles.